The molecule has 0 amide bonds. The Hall–Kier alpha value is -1.27. The van der Waals surface area contributed by atoms with Gasteiger partial charge < -0.3 is 5.11 Å². The van der Waals surface area contributed by atoms with E-state index in [0.717, 1.165) is 4.31 Å². The fraction of sp³-hybridized carbons (Fsp3) is 0.364. The highest BCUT2D eigenvalue weighted by Crippen LogP contribution is 2.32. The van der Waals surface area contributed by atoms with E-state index in [4.69, 9.17) is 16.7 Å². The molecule has 18 heavy (non-hydrogen) atoms. The summed E-state index contributed by atoms with van der Waals surface area (Å²) in [5.41, 5.74) is 0.0800. The Balaban J connectivity index is 2.57. The highest BCUT2D eigenvalue weighted by molar-refractivity contribution is 7.93. The second-order valence-corrected chi connectivity index (χ2v) is 6.76. The lowest BCUT2D eigenvalue weighted by Crippen LogP contribution is -2.27. The molecule has 1 aromatic carbocycles. The molecule has 0 saturated carbocycles. The summed E-state index contributed by atoms with van der Waals surface area (Å²) < 4.78 is 25.0. The van der Waals surface area contributed by atoms with Crippen molar-refractivity contribution in [3.05, 3.63) is 28.8 Å². The van der Waals surface area contributed by atoms with Crippen LogP contribution in [-0.2, 0) is 10.0 Å². The van der Waals surface area contributed by atoms with Crippen molar-refractivity contribution < 1.29 is 18.3 Å². The second kappa shape index (κ2) is 4.44. The molecule has 0 radical (unpaired) electrons. The number of nitrogens with zero attached hydrogens (tertiary/aromatic N) is 1. The maximum atomic E-state index is 11.9. The van der Waals surface area contributed by atoms with Gasteiger partial charge in [0.05, 0.1) is 17.0 Å². The topological polar surface area (TPSA) is 74.7 Å². The molecular formula is C11H12ClNO4S. The summed E-state index contributed by atoms with van der Waals surface area (Å²) in [5.74, 6) is -1.18. The Bertz CT molecular complexity index is 599. The van der Waals surface area contributed by atoms with Gasteiger partial charge in [0, 0.05) is 11.6 Å². The lowest BCUT2D eigenvalue weighted by Gasteiger charge is -2.19. The van der Waals surface area contributed by atoms with E-state index in [-0.39, 0.29) is 29.5 Å². The van der Waals surface area contributed by atoms with Gasteiger partial charge in [0.2, 0.25) is 10.0 Å². The number of aromatic carboxylic acids is 1. The van der Waals surface area contributed by atoms with Crippen LogP contribution in [0.15, 0.2) is 18.2 Å². The first-order valence-corrected chi connectivity index (χ1v) is 7.33. The van der Waals surface area contributed by atoms with E-state index in [1.54, 1.807) is 0 Å². The van der Waals surface area contributed by atoms with Gasteiger partial charge in [0.1, 0.15) is 0 Å². The second-order valence-electron chi connectivity index (χ2n) is 4.38. The smallest absolute Gasteiger partial charge is 0.337 e. The maximum Gasteiger partial charge on any atom is 0.337 e. The molecule has 1 aliphatic heterocycles. The van der Waals surface area contributed by atoms with Crippen LogP contribution in [0.25, 0.3) is 0 Å². The summed E-state index contributed by atoms with van der Waals surface area (Å²) in [6.07, 6.45) is 0. The van der Waals surface area contributed by atoms with E-state index >= 15 is 0 Å². The van der Waals surface area contributed by atoms with Crippen molar-refractivity contribution in [1.82, 2.24) is 0 Å². The molecule has 1 fully saturated rings. The van der Waals surface area contributed by atoms with Gasteiger partial charge >= 0.3 is 5.97 Å². The first-order valence-electron chi connectivity index (χ1n) is 5.34. The molecule has 0 spiro atoms. The van der Waals surface area contributed by atoms with E-state index in [9.17, 15) is 13.2 Å². The number of sulfonamides is 1. The summed E-state index contributed by atoms with van der Waals surface area (Å²) in [6.45, 7) is 2.09. The molecule has 1 aliphatic rings. The van der Waals surface area contributed by atoms with Crippen molar-refractivity contribution in [3.8, 4) is 0 Å². The third-order valence-corrected chi connectivity index (χ3v) is 5.01. The summed E-state index contributed by atoms with van der Waals surface area (Å²) in [7, 11) is -3.45. The lowest BCUT2D eigenvalue weighted by atomic mass is 10.1. The van der Waals surface area contributed by atoms with Gasteiger partial charge in [-0.1, -0.05) is 18.5 Å². The van der Waals surface area contributed by atoms with Crippen LogP contribution in [0.2, 0.25) is 5.02 Å². The van der Waals surface area contributed by atoms with Crippen molar-refractivity contribution in [2.45, 2.75) is 6.92 Å². The van der Waals surface area contributed by atoms with Gasteiger partial charge in [0.15, 0.2) is 0 Å². The molecule has 0 aromatic heterocycles. The van der Waals surface area contributed by atoms with Crippen LogP contribution in [0.4, 0.5) is 5.69 Å². The van der Waals surface area contributed by atoms with Gasteiger partial charge in [-0.3, -0.25) is 4.31 Å². The Morgan fingerprint density at radius 2 is 2.17 bits per heavy atom. The fourth-order valence-corrected chi connectivity index (χ4v) is 4.14. The molecule has 2 rings (SSSR count). The average molecular weight is 290 g/mol. The zero-order valence-electron chi connectivity index (χ0n) is 9.63. The molecule has 0 aliphatic carbocycles. The predicted molar refractivity (Wildman–Crippen MR) is 68.7 cm³/mol. The maximum absolute atomic E-state index is 11.9. The van der Waals surface area contributed by atoms with Crippen LogP contribution in [-0.4, -0.2) is 31.8 Å². The Morgan fingerprint density at radius 3 is 2.67 bits per heavy atom. The van der Waals surface area contributed by atoms with E-state index in [1.165, 1.54) is 18.2 Å². The first kappa shape index (κ1) is 13.2. The molecule has 7 heteroatoms. The van der Waals surface area contributed by atoms with Crippen LogP contribution in [0.1, 0.15) is 17.3 Å². The zero-order chi connectivity index (χ0) is 13.5. The molecule has 98 valence electrons. The van der Waals surface area contributed by atoms with E-state index in [0.29, 0.717) is 5.02 Å². The number of halogens is 1. The fourth-order valence-electron chi connectivity index (χ4n) is 2.04. The summed E-state index contributed by atoms with van der Waals surface area (Å²) in [4.78, 5) is 11.1. The van der Waals surface area contributed by atoms with E-state index < -0.39 is 16.0 Å². The number of carbonyl (C=O) groups is 1. The van der Waals surface area contributed by atoms with Crippen LogP contribution in [0, 0.1) is 5.92 Å². The van der Waals surface area contributed by atoms with Crippen LogP contribution in [0.3, 0.4) is 0 Å². The minimum absolute atomic E-state index is 0.0264. The summed E-state index contributed by atoms with van der Waals surface area (Å²) in [6, 6.07) is 4.12. The zero-order valence-corrected chi connectivity index (χ0v) is 11.2. The first-order chi connectivity index (χ1) is 8.31. The molecule has 1 heterocycles. The molecule has 1 N–H and O–H groups in total. The normalized spacial score (nSPS) is 22.1. The van der Waals surface area contributed by atoms with Gasteiger partial charge in [-0.05, 0) is 24.1 Å². The highest BCUT2D eigenvalue weighted by Gasteiger charge is 2.35. The quantitative estimate of drug-likeness (QED) is 0.901. The largest absolute Gasteiger partial charge is 0.478 e. The molecule has 5 nitrogen and oxygen atoms in total. The summed E-state index contributed by atoms with van der Waals surface area (Å²) in [5, 5.41) is 9.40. The van der Waals surface area contributed by atoms with Gasteiger partial charge in [0.25, 0.3) is 0 Å². The van der Waals surface area contributed by atoms with Gasteiger partial charge in [-0.2, -0.15) is 0 Å². The number of carboxylic acid groups (broad SMARTS) is 1. The minimum atomic E-state index is -3.45. The van der Waals surface area contributed by atoms with E-state index in [1.807, 2.05) is 6.92 Å². The number of rotatable bonds is 2. The molecule has 1 unspecified atom stereocenters. The lowest BCUT2D eigenvalue weighted by molar-refractivity contribution is 0.0698. The number of carboxylic acids is 1. The molecule has 1 aromatic rings. The Labute approximate surface area is 110 Å². The highest BCUT2D eigenvalue weighted by atomic mass is 35.5. The van der Waals surface area contributed by atoms with Crippen molar-refractivity contribution in [2.24, 2.45) is 5.92 Å². The van der Waals surface area contributed by atoms with Gasteiger partial charge in [-0.25, -0.2) is 13.2 Å². The summed E-state index contributed by atoms with van der Waals surface area (Å²) >= 11 is 5.82. The molecule has 1 atom stereocenters. The van der Waals surface area contributed by atoms with Crippen molar-refractivity contribution in [3.63, 3.8) is 0 Å². The molecule has 1 saturated heterocycles. The van der Waals surface area contributed by atoms with Crippen LogP contribution < -0.4 is 4.31 Å². The SMILES string of the molecule is CC1CN(c2cc(Cl)ccc2C(=O)O)S(=O)(=O)C1. The third-order valence-electron chi connectivity index (χ3n) is 2.77. The van der Waals surface area contributed by atoms with Crippen molar-refractivity contribution >= 4 is 33.3 Å². The third kappa shape index (κ3) is 2.30. The number of hydrogen-bond acceptors (Lipinski definition) is 3. The predicted octanol–water partition coefficient (Wildman–Crippen LogP) is 1.82. The Morgan fingerprint density at radius 1 is 1.50 bits per heavy atom. The number of benzene rings is 1. The monoisotopic (exact) mass is 289 g/mol. The van der Waals surface area contributed by atoms with Crippen LogP contribution >= 0.6 is 11.6 Å². The number of anilines is 1. The standard InChI is InChI=1S/C11H12ClNO4S/c1-7-5-13(18(16,17)6-7)10-4-8(12)2-3-9(10)11(14)15/h2-4,7H,5-6H2,1H3,(H,14,15). The van der Waals surface area contributed by atoms with Crippen LogP contribution in [0.5, 0.6) is 0 Å². The van der Waals surface area contributed by atoms with Gasteiger partial charge in [-0.15, -0.1) is 0 Å². The van der Waals surface area contributed by atoms with Crippen molar-refractivity contribution in [2.75, 3.05) is 16.6 Å². The molecular weight excluding hydrogens is 278 g/mol. The van der Waals surface area contributed by atoms with Crippen molar-refractivity contribution in [1.29, 1.82) is 0 Å². The average Bonchev–Trinajstić information content (AvgIpc) is 2.51. The number of hydrogen-bond donors (Lipinski definition) is 1. The van der Waals surface area contributed by atoms with E-state index in [2.05, 4.69) is 0 Å². The molecule has 0 bridgehead atoms. The minimum Gasteiger partial charge on any atom is -0.478 e. The Kier molecular flexibility index (Phi) is 3.25.